The number of rotatable bonds is 7. The number of nitrogen functional groups attached to an aromatic ring is 1. The van der Waals surface area contributed by atoms with Gasteiger partial charge in [0, 0.05) is 18.2 Å². The Hall–Kier alpha value is -1.04. The van der Waals surface area contributed by atoms with Crippen LogP contribution in [-0.2, 0) is 6.54 Å². The molecule has 0 aliphatic rings. The molecule has 4 nitrogen and oxygen atoms in total. The van der Waals surface area contributed by atoms with Crippen molar-refractivity contribution in [3.05, 3.63) is 35.4 Å². The first kappa shape index (κ1) is 16.0. The van der Waals surface area contributed by atoms with E-state index >= 15 is 0 Å². The quantitative estimate of drug-likeness (QED) is 0.455. The van der Waals surface area contributed by atoms with Crippen molar-refractivity contribution in [1.29, 1.82) is 0 Å². The van der Waals surface area contributed by atoms with Crippen molar-refractivity contribution < 1.29 is 4.79 Å². The predicted octanol–water partition coefficient (Wildman–Crippen LogP) is 1.86. The number of hydrogen-bond donors (Lipinski definition) is 2. The fourth-order valence-electron chi connectivity index (χ4n) is 1.89. The average molecular weight is 281 g/mol. The minimum absolute atomic E-state index is 0.235. The SMILES string of the molecule is CSCCC(C)N(C)Cc1ccccc1C(=O)NN. The molecule has 0 bridgehead atoms. The maximum absolute atomic E-state index is 11.7. The highest BCUT2D eigenvalue weighted by molar-refractivity contribution is 7.98. The van der Waals surface area contributed by atoms with Gasteiger partial charge in [-0.1, -0.05) is 18.2 Å². The smallest absolute Gasteiger partial charge is 0.265 e. The number of nitrogens with one attached hydrogen (secondary N) is 1. The second-order valence-corrected chi connectivity index (χ2v) is 5.66. The molecular formula is C14H23N3OS. The summed E-state index contributed by atoms with van der Waals surface area (Å²) in [5.41, 5.74) is 3.85. The molecule has 0 fully saturated rings. The van der Waals surface area contributed by atoms with E-state index in [-0.39, 0.29) is 5.91 Å². The van der Waals surface area contributed by atoms with Crippen LogP contribution in [0.1, 0.15) is 29.3 Å². The van der Waals surface area contributed by atoms with Gasteiger partial charge in [0.25, 0.3) is 5.91 Å². The molecule has 19 heavy (non-hydrogen) atoms. The molecule has 1 aromatic carbocycles. The van der Waals surface area contributed by atoms with Gasteiger partial charge in [-0.15, -0.1) is 0 Å². The molecule has 1 atom stereocenters. The van der Waals surface area contributed by atoms with Crippen molar-refractivity contribution in [2.75, 3.05) is 19.1 Å². The number of nitrogens with two attached hydrogens (primary N) is 1. The van der Waals surface area contributed by atoms with Crippen LogP contribution in [0.25, 0.3) is 0 Å². The van der Waals surface area contributed by atoms with Gasteiger partial charge in [-0.2, -0.15) is 11.8 Å². The van der Waals surface area contributed by atoms with Crippen LogP contribution in [-0.4, -0.2) is 35.9 Å². The van der Waals surface area contributed by atoms with E-state index in [0.29, 0.717) is 11.6 Å². The van der Waals surface area contributed by atoms with Crippen LogP contribution >= 0.6 is 11.8 Å². The maximum atomic E-state index is 11.7. The topological polar surface area (TPSA) is 58.4 Å². The van der Waals surface area contributed by atoms with Crippen molar-refractivity contribution in [1.82, 2.24) is 10.3 Å². The number of thioether (sulfide) groups is 1. The molecule has 0 aliphatic carbocycles. The van der Waals surface area contributed by atoms with Crippen LogP contribution in [0.5, 0.6) is 0 Å². The van der Waals surface area contributed by atoms with Crippen molar-refractivity contribution in [2.45, 2.75) is 25.9 Å². The Bertz CT molecular complexity index is 411. The van der Waals surface area contributed by atoms with Gasteiger partial charge in [-0.05, 0) is 44.0 Å². The zero-order chi connectivity index (χ0) is 14.3. The molecule has 1 aromatic rings. The third-order valence-corrected chi connectivity index (χ3v) is 3.95. The lowest BCUT2D eigenvalue weighted by Gasteiger charge is -2.25. The van der Waals surface area contributed by atoms with Gasteiger partial charge >= 0.3 is 0 Å². The Morgan fingerprint density at radius 3 is 2.79 bits per heavy atom. The van der Waals surface area contributed by atoms with Crippen molar-refractivity contribution in [3.63, 3.8) is 0 Å². The molecule has 0 saturated carbocycles. The molecule has 106 valence electrons. The fourth-order valence-corrected chi connectivity index (χ4v) is 2.47. The van der Waals surface area contributed by atoms with E-state index in [4.69, 9.17) is 5.84 Å². The highest BCUT2D eigenvalue weighted by Crippen LogP contribution is 2.14. The van der Waals surface area contributed by atoms with Gasteiger partial charge in [0.05, 0.1) is 0 Å². The minimum atomic E-state index is -0.235. The van der Waals surface area contributed by atoms with Gasteiger partial charge < -0.3 is 0 Å². The number of carbonyl (C=O) groups is 1. The number of benzene rings is 1. The molecule has 3 N–H and O–H groups in total. The van der Waals surface area contributed by atoms with E-state index in [0.717, 1.165) is 24.3 Å². The van der Waals surface area contributed by atoms with Gasteiger partial charge in [-0.25, -0.2) is 5.84 Å². The van der Waals surface area contributed by atoms with E-state index in [2.05, 4.69) is 30.6 Å². The largest absolute Gasteiger partial charge is 0.299 e. The summed E-state index contributed by atoms with van der Waals surface area (Å²) in [6.45, 7) is 2.96. The Kier molecular flexibility index (Phi) is 6.91. The zero-order valence-electron chi connectivity index (χ0n) is 11.8. The molecule has 0 radical (unpaired) electrons. The van der Waals surface area contributed by atoms with Gasteiger partial charge in [-0.3, -0.25) is 15.1 Å². The van der Waals surface area contributed by atoms with Crippen LogP contribution in [0.15, 0.2) is 24.3 Å². The van der Waals surface area contributed by atoms with Crippen LogP contribution in [0.2, 0.25) is 0 Å². The number of amides is 1. The lowest BCUT2D eigenvalue weighted by molar-refractivity contribution is 0.0951. The van der Waals surface area contributed by atoms with E-state index in [1.165, 1.54) is 0 Å². The number of hydrazine groups is 1. The van der Waals surface area contributed by atoms with Crippen molar-refractivity contribution in [3.8, 4) is 0 Å². The third kappa shape index (κ3) is 4.86. The van der Waals surface area contributed by atoms with Crippen molar-refractivity contribution >= 4 is 17.7 Å². The van der Waals surface area contributed by atoms with Gasteiger partial charge in [0.15, 0.2) is 0 Å². The molecule has 0 spiro atoms. The molecule has 0 aromatic heterocycles. The standard InChI is InChI=1S/C14H23N3OS/c1-11(8-9-19-3)17(2)10-12-6-4-5-7-13(12)14(18)16-15/h4-7,11H,8-10,15H2,1-3H3,(H,16,18). The summed E-state index contributed by atoms with van der Waals surface area (Å²) in [5, 5.41) is 0. The minimum Gasteiger partial charge on any atom is -0.299 e. The second-order valence-electron chi connectivity index (χ2n) is 4.68. The summed E-state index contributed by atoms with van der Waals surface area (Å²) in [6, 6.07) is 8.07. The Balaban J connectivity index is 2.73. The van der Waals surface area contributed by atoms with Crippen LogP contribution < -0.4 is 11.3 Å². The maximum Gasteiger partial charge on any atom is 0.265 e. The lowest BCUT2D eigenvalue weighted by Crippen LogP contribution is -2.33. The monoisotopic (exact) mass is 281 g/mol. The summed E-state index contributed by atoms with van der Waals surface area (Å²) in [7, 11) is 2.09. The normalized spacial score (nSPS) is 12.5. The number of carbonyl (C=O) groups excluding carboxylic acids is 1. The second kappa shape index (κ2) is 8.19. The molecule has 1 amide bonds. The molecular weight excluding hydrogens is 258 g/mol. The first-order chi connectivity index (χ1) is 9.10. The van der Waals surface area contributed by atoms with E-state index in [9.17, 15) is 4.79 Å². The molecule has 0 saturated heterocycles. The van der Waals surface area contributed by atoms with Crippen molar-refractivity contribution in [2.24, 2.45) is 5.84 Å². The molecule has 1 rings (SSSR count). The fraction of sp³-hybridized carbons (Fsp3) is 0.500. The molecule has 0 heterocycles. The molecule has 1 unspecified atom stereocenters. The van der Waals surface area contributed by atoms with Crippen LogP contribution in [0.4, 0.5) is 0 Å². The lowest BCUT2D eigenvalue weighted by atomic mass is 10.1. The number of hydrogen-bond acceptors (Lipinski definition) is 4. The molecule has 0 aliphatic heterocycles. The third-order valence-electron chi connectivity index (χ3n) is 3.31. The Morgan fingerprint density at radius 1 is 1.47 bits per heavy atom. The summed E-state index contributed by atoms with van der Waals surface area (Å²) >= 11 is 1.86. The first-order valence-corrected chi connectivity index (χ1v) is 7.77. The van der Waals surface area contributed by atoms with E-state index < -0.39 is 0 Å². The zero-order valence-corrected chi connectivity index (χ0v) is 12.7. The predicted molar refractivity (Wildman–Crippen MR) is 82.0 cm³/mol. The van der Waals surface area contributed by atoms with Crippen LogP contribution in [0, 0.1) is 0 Å². The van der Waals surface area contributed by atoms with E-state index in [1.807, 2.05) is 30.0 Å². The Morgan fingerprint density at radius 2 is 2.16 bits per heavy atom. The first-order valence-electron chi connectivity index (χ1n) is 6.38. The highest BCUT2D eigenvalue weighted by atomic mass is 32.2. The number of nitrogens with zero attached hydrogens (tertiary/aromatic N) is 1. The molecule has 5 heteroatoms. The average Bonchev–Trinajstić information content (AvgIpc) is 2.44. The van der Waals surface area contributed by atoms with Gasteiger partial charge in [0.1, 0.15) is 0 Å². The summed E-state index contributed by atoms with van der Waals surface area (Å²) in [4.78, 5) is 14.0. The summed E-state index contributed by atoms with van der Waals surface area (Å²) in [6.07, 6.45) is 3.26. The summed E-state index contributed by atoms with van der Waals surface area (Å²) in [5.74, 6) is 6.13. The highest BCUT2D eigenvalue weighted by Gasteiger charge is 2.14. The summed E-state index contributed by atoms with van der Waals surface area (Å²) < 4.78 is 0. The Labute approximate surface area is 119 Å². The van der Waals surface area contributed by atoms with E-state index in [1.54, 1.807) is 6.07 Å². The van der Waals surface area contributed by atoms with Gasteiger partial charge in [0.2, 0.25) is 0 Å². The van der Waals surface area contributed by atoms with Crippen LogP contribution in [0.3, 0.4) is 0 Å².